The minimum Gasteiger partial charge on any atom is -0.480 e. The molecule has 0 aromatic heterocycles. The minimum absolute atomic E-state index is 0.192. The van der Waals surface area contributed by atoms with Crippen molar-refractivity contribution in [3.05, 3.63) is 28.7 Å². The highest BCUT2D eigenvalue weighted by atomic mass is 79.9. The summed E-state index contributed by atoms with van der Waals surface area (Å²) >= 11 is 4.76. The van der Waals surface area contributed by atoms with E-state index in [1.54, 1.807) is 6.92 Å². The summed E-state index contributed by atoms with van der Waals surface area (Å²) in [4.78, 5) is 25.2. The first-order valence-electron chi connectivity index (χ1n) is 5.74. The average Bonchev–Trinajstić information content (AvgIpc) is 2.38. The molecule has 0 saturated heterocycles. The van der Waals surface area contributed by atoms with Gasteiger partial charge in [0.2, 0.25) is 5.91 Å². The maximum absolute atomic E-state index is 12.1. The van der Waals surface area contributed by atoms with Crippen LogP contribution < -0.4 is 0 Å². The average molecular weight is 346 g/mol. The number of hydrogen-bond acceptors (Lipinski definition) is 3. The molecule has 19 heavy (non-hydrogen) atoms. The van der Waals surface area contributed by atoms with Gasteiger partial charge in [0.15, 0.2) is 0 Å². The molecule has 0 saturated carbocycles. The summed E-state index contributed by atoms with van der Waals surface area (Å²) in [5.41, 5.74) is 0. The number of amides is 1. The predicted octanol–water partition coefficient (Wildman–Crippen LogP) is 2.86. The summed E-state index contributed by atoms with van der Waals surface area (Å²) in [7, 11) is 1.51. The highest BCUT2D eigenvalue weighted by Gasteiger charge is 2.26. The van der Waals surface area contributed by atoms with Crippen molar-refractivity contribution >= 4 is 39.6 Å². The third-order valence-electron chi connectivity index (χ3n) is 2.76. The predicted molar refractivity (Wildman–Crippen MR) is 79.3 cm³/mol. The fraction of sp³-hybridized carbons (Fsp3) is 0.385. The molecule has 0 heterocycles. The van der Waals surface area contributed by atoms with E-state index in [-0.39, 0.29) is 11.2 Å². The summed E-state index contributed by atoms with van der Waals surface area (Å²) in [5, 5.41) is 8.57. The van der Waals surface area contributed by atoms with E-state index in [2.05, 4.69) is 15.9 Å². The quantitative estimate of drug-likeness (QED) is 0.833. The number of aliphatic carboxylic acids is 1. The van der Waals surface area contributed by atoms with Crippen LogP contribution in [0.3, 0.4) is 0 Å². The molecule has 1 amide bonds. The Hall–Kier alpha value is -1.01. The molecule has 0 radical (unpaired) electrons. The lowest BCUT2D eigenvalue weighted by atomic mass is 10.3. The summed E-state index contributed by atoms with van der Waals surface area (Å²) in [6, 6.07) is 6.82. The molecule has 1 rings (SSSR count). The Balaban J connectivity index is 2.67. The van der Waals surface area contributed by atoms with Gasteiger partial charge in [0.25, 0.3) is 0 Å². The van der Waals surface area contributed by atoms with E-state index >= 15 is 0 Å². The summed E-state index contributed by atoms with van der Waals surface area (Å²) < 4.78 is 0.979. The lowest BCUT2D eigenvalue weighted by Gasteiger charge is -2.24. The van der Waals surface area contributed by atoms with E-state index in [1.165, 1.54) is 30.6 Å². The molecule has 0 aliphatic carbocycles. The summed E-state index contributed by atoms with van der Waals surface area (Å²) in [6.07, 6.45) is 0. The number of nitrogens with zero attached hydrogens (tertiary/aromatic N) is 1. The van der Waals surface area contributed by atoms with Crippen molar-refractivity contribution in [2.45, 2.75) is 30.0 Å². The molecule has 2 unspecified atom stereocenters. The second-order valence-corrected chi connectivity index (χ2v) is 6.51. The first-order valence-corrected chi connectivity index (χ1v) is 7.42. The molecule has 0 aliphatic rings. The number of carbonyl (C=O) groups is 2. The number of carboxylic acid groups (broad SMARTS) is 1. The van der Waals surface area contributed by atoms with E-state index in [4.69, 9.17) is 5.11 Å². The van der Waals surface area contributed by atoms with Crippen LogP contribution in [-0.2, 0) is 9.59 Å². The SMILES string of the molecule is CC(Sc1ccc(Br)cc1)C(=O)N(C)C(C)C(=O)O. The van der Waals surface area contributed by atoms with Gasteiger partial charge in [-0.2, -0.15) is 0 Å². The number of rotatable bonds is 5. The maximum atomic E-state index is 12.1. The van der Waals surface area contributed by atoms with Crippen molar-refractivity contribution in [1.82, 2.24) is 4.90 Å². The minimum atomic E-state index is -1.00. The highest BCUT2D eigenvalue weighted by Crippen LogP contribution is 2.26. The molecule has 1 aromatic carbocycles. The molecule has 4 nitrogen and oxygen atoms in total. The van der Waals surface area contributed by atoms with Crippen LogP contribution in [0.1, 0.15) is 13.8 Å². The van der Waals surface area contributed by atoms with Crippen LogP contribution in [0, 0.1) is 0 Å². The third kappa shape index (κ3) is 4.54. The highest BCUT2D eigenvalue weighted by molar-refractivity contribution is 9.10. The second kappa shape index (κ2) is 6.96. The lowest BCUT2D eigenvalue weighted by Crippen LogP contribution is -2.43. The molecule has 0 spiro atoms. The Labute approximate surface area is 125 Å². The van der Waals surface area contributed by atoms with Gasteiger partial charge in [-0.1, -0.05) is 15.9 Å². The Morgan fingerprint density at radius 2 is 1.79 bits per heavy atom. The molecule has 0 bridgehead atoms. The first kappa shape index (κ1) is 16.0. The zero-order valence-corrected chi connectivity index (χ0v) is 13.4. The van der Waals surface area contributed by atoms with Crippen molar-refractivity contribution in [3.63, 3.8) is 0 Å². The van der Waals surface area contributed by atoms with E-state index in [1.807, 2.05) is 24.3 Å². The van der Waals surface area contributed by atoms with Crippen LogP contribution in [0.2, 0.25) is 0 Å². The number of benzene rings is 1. The van der Waals surface area contributed by atoms with E-state index in [0.29, 0.717) is 0 Å². The largest absolute Gasteiger partial charge is 0.480 e. The van der Waals surface area contributed by atoms with Crippen molar-refractivity contribution in [2.75, 3.05) is 7.05 Å². The Kier molecular flexibility index (Phi) is 5.87. The smallest absolute Gasteiger partial charge is 0.326 e. The Morgan fingerprint density at radius 3 is 2.26 bits per heavy atom. The molecule has 104 valence electrons. The molecule has 2 atom stereocenters. The summed E-state index contributed by atoms with van der Waals surface area (Å²) in [5.74, 6) is -1.19. The zero-order valence-electron chi connectivity index (χ0n) is 11.0. The maximum Gasteiger partial charge on any atom is 0.326 e. The number of carbonyl (C=O) groups excluding carboxylic acids is 1. The van der Waals surface area contributed by atoms with Crippen LogP contribution in [0.5, 0.6) is 0 Å². The zero-order chi connectivity index (χ0) is 14.6. The molecule has 6 heteroatoms. The monoisotopic (exact) mass is 345 g/mol. The standard InChI is InChI=1S/C13H16BrNO3S/c1-8(13(17)18)15(3)12(16)9(2)19-11-6-4-10(14)5-7-11/h4-9H,1-3H3,(H,17,18). The van der Waals surface area contributed by atoms with Crippen LogP contribution in [0.15, 0.2) is 33.6 Å². The fourth-order valence-corrected chi connectivity index (χ4v) is 2.64. The van der Waals surface area contributed by atoms with Crippen LogP contribution >= 0.6 is 27.7 Å². The number of thioether (sulfide) groups is 1. The Bertz CT molecular complexity index is 463. The first-order chi connectivity index (χ1) is 8.82. The van der Waals surface area contributed by atoms with Gasteiger partial charge in [-0.15, -0.1) is 11.8 Å². The molecule has 1 aromatic rings. The van der Waals surface area contributed by atoms with Crippen molar-refractivity contribution in [1.29, 1.82) is 0 Å². The molecule has 0 fully saturated rings. The second-order valence-electron chi connectivity index (χ2n) is 4.18. The van der Waals surface area contributed by atoms with Gasteiger partial charge in [0.1, 0.15) is 6.04 Å². The van der Waals surface area contributed by atoms with Gasteiger partial charge in [0.05, 0.1) is 5.25 Å². The van der Waals surface area contributed by atoms with Crippen molar-refractivity contribution < 1.29 is 14.7 Å². The number of hydrogen-bond donors (Lipinski definition) is 1. The van der Waals surface area contributed by atoms with Gasteiger partial charge in [-0.25, -0.2) is 4.79 Å². The topological polar surface area (TPSA) is 57.6 Å². The number of carboxylic acids is 1. The molecule has 1 N–H and O–H groups in total. The molecular formula is C13H16BrNO3S. The van der Waals surface area contributed by atoms with Crippen LogP contribution in [-0.4, -0.2) is 40.2 Å². The van der Waals surface area contributed by atoms with E-state index in [0.717, 1.165) is 9.37 Å². The van der Waals surface area contributed by atoms with Gasteiger partial charge < -0.3 is 10.0 Å². The van der Waals surface area contributed by atoms with Gasteiger partial charge >= 0.3 is 5.97 Å². The fourth-order valence-electron chi connectivity index (χ4n) is 1.41. The normalized spacial score (nSPS) is 13.7. The van der Waals surface area contributed by atoms with Crippen LogP contribution in [0.4, 0.5) is 0 Å². The van der Waals surface area contributed by atoms with E-state index < -0.39 is 12.0 Å². The molecular weight excluding hydrogens is 330 g/mol. The number of halogens is 1. The summed E-state index contributed by atoms with van der Waals surface area (Å²) in [6.45, 7) is 3.28. The Morgan fingerprint density at radius 1 is 1.26 bits per heavy atom. The van der Waals surface area contributed by atoms with Crippen molar-refractivity contribution in [2.24, 2.45) is 0 Å². The lowest BCUT2D eigenvalue weighted by molar-refractivity contribution is -0.147. The third-order valence-corrected chi connectivity index (χ3v) is 4.39. The van der Waals surface area contributed by atoms with Gasteiger partial charge in [-0.3, -0.25) is 4.79 Å². The molecule has 0 aliphatic heterocycles. The van der Waals surface area contributed by atoms with Gasteiger partial charge in [0, 0.05) is 16.4 Å². The number of likely N-dealkylation sites (N-methyl/N-ethyl adjacent to an activating group) is 1. The van der Waals surface area contributed by atoms with E-state index in [9.17, 15) is 9.59 Å². The van der Waals surface area contributed by atoms with Crippen LogP contribution in [0.25, 0.3) is 0 Å². The van der Waals surface area contributed by atoms with Gasteiger partial charge in [-0.05, 0) is 38.1 Å². The van der Waals surface area contributed by atoms with Crippen molar-refractivity contribution in [3.8, 4) is 0 Å².